The molecule has 24 heavy (non-hydrogen) atoms. The van der Waals surface area contributed by atoms with Crippen LogP contribution >= 0.6 is 11.8 Å². The fraction of sp³-hybridized carbons (Fsp3) is 0.105. The van der Waals surface area contributed by atoms with Crippen LogP contribution in [0.5, 0.6) is 0 Å². The topological polar surface area (TPSA) is 65.5 Å². The van der Waals surface area contributed by atoms with E-state index >= 15 is 0 Å². The summed E-state index contributed by atoms with van der Waals surface area (Å²) in [4.78, 5) is 13.4. The van der Waals surface area contributed by atoms with Gasteiger partial charge >= 0.3 is 5.97 Å². The first kappa shape index (κ1) is 16.2. The second kappa shape index (κ2) is 7.27. The Hall–Kier alpha value is -2.66. The number of benzene rings is 2. The molecular weight excluding hydrogens is 322 g/mol. The molecule has 0 fully saturated rings. The minimum absolute atomic E-state index is 0.411. The Morgan fingerprint density at radius 1 is 1.17 bits per heavy atom. The Kier molecular flexibility index (Phi) is 4.91. The third kappa shape index (κ3) is 3.31. The zero-order chi connectivity index (χ0) is 16.9. The standard InChI is InChI=1S/C19H17NO3S/c1-22-19(21)17-14(12-24-15-5-3-2-4-6-15)7-8-16(18(17)20)13-9-10-23-11-13/h2-11H,12,20H2,1H3. The fourth-order valence-electron chi connectivity index (χ4n) is 2.48. The van der Waals surface area contributed by atoms with E-state index in [0.29, 0.717) is 17.0 Å². The molecule has 2 N–H and O–H groups in total. The van der Waals surface area contributed by atoms with Gasteiger partial charge in [0.15, 0.2) is 0 Å². The predicted molar refractivity (Wildman–Crippen MR) is 95.9 cm³/mol. The number of furan rings is 1. The molecule has 0 unspecified atom stereocenters. The lowest BCUT2D eigenvalue weighted by atomic mass is 9.98. The van der Waals surface area contributed by atoms with Crippen molar-refractivity contribution in [1.29, 1.82) is 0 Å². The lowest BCUT2D eigenvalue weighted by Crippen LogP contribution is -2.10. The molecule has 0 radical (unpaired) electrons. The molecule has 122 valence electrons. The van der Waals surface area contributed by atoms with Gasteiger partial charge in [0.25, 0.3) is 0 Å². The number of hydrogen-bond donors (Lipinski definition) is 1. The third-order valence-corrected chi connectivity index (χ3v) is 4.75. The van der Waals surface area contributed by atoms with Crippen molar-refractivity contribution in [2.24, 2.45) is 0 Å². The maximum Gasteiger partial charge on any atom is 0.340 e. The van der Waals surface area contributed by atoms with E-state index < -0.39 is 5.97 Å². The number of ether oxygens (including phenoxy) is 1. The maximum atomic E-state index is 12.3. The molecule has 0 aliphatic heterocycles. The van der Waals surface area contributed by atoms with Crippen LogP contribution in [0.25, 0.3) is 11.1 Å². The first-order valence-electron chi connectivity index (χ1n) is 7.40. The number of nitrogens with two attached hydrogens (primary N) is 1. The van der Waals surface area contributed by atoms with Gasteiger partial charge in [-0.3, -0.25) is 0 Å². The predicted octanol–water partition coefficient (Wildman–Crippen LogP) is 4.61. The number of methoxy groups -OCH3 is 1. The van der Waals surface area contributed by atoms with Gasteiger partial charge < -0.3 is 14.9 Å². The van der Waals surface area contributed by atoms with Gasteiger partial charge in [-0.1, -0.05) is 30.3 Å². The monoisotopic (exact) mass is 339 g/mol. The van der Waals surface area contributed by atoms with Gasteiger partial charge in [-0.15, -0.1) is 11.8 Å². The number of thioether (sulfide) groups is 1. The average Bonchev–Trinajstić information content (AvgIpc) is 3.14. The molecule has 0 saturated carbocycles. The van der Waals surface area contributed by atoms with Gasteiger partial charge in [-0.05, 0) is 23.8 Å². The second-order valence-electron chi connectivity index (χ2n) is 5.17. The molecule has 5 heteroatoms. The average molecular weight is 339 g/mol. The summed E-state index contributed by atoms with van der Waals surface area (Å²) in [6.07, 6.45) is 3.18. The van der Waals surface area contributed by atoms with E-state index in [4.69, 9.17) is 14.9 Å². The highest BCUT2D eigenvalue weighted by molar-refractivity contribution is 7.98. The van der Waals surface area contributed by atoms with Crippen LogP contribution in [0.2, 0.25) is 0 Å². The summed E-state index contributed by atoms with van der Waals surface area (Å²) in [6, 6.07) is 15.7. The van der Waals surface area contributed by atoms with Gasteiger partial charge in [0.05, 0.1) is 30.9 Å². The van der Waals surface area contributed by atoms with Crippen molar-refractivity contribution in [1.82, 2.24) is 0 Å². The van der Waals surface area contributed by atoms with E-state index in [1.807, 2.05) is 48.5 Å². The van der Waals surface area contributed by atoms with E-state index in [-0.39, 0.29) is 0 Å². The smallest absolute Gasteiger partial charge is 0.340 e. The molecule has 0 aliphatic rings. The van der Waals surface area contributed by atoms with E-state index in [2.05, 4.69) is 0 Å². The summed E-state index contributed by atoms with van der Waals surface area (Å²) in [6.45, 7) is 0. The zero-order valence-corrected chi connectivity index (χ0v) is 14.0. The summed E-state index contributed by atoms with van der Waals surface area (Å²) in [5.41, 5.74) is 9.54. The molecule has 0 spiro atoms. The van der Waals surface area contributed by atoms with Crippen molar-refractivity contribution in [2.45, 2.75) is 10.6 Å². The molecule has 2 aromatic carbocycles. The number of carbonyl (C=O) groups is 1. The minimum atomic E-state index is -0.429. The van der Waals surface area contributed by atoms with Gasteiger partial charge in [0.2, 0.25) is 0 Å². The lowest BCUT2D eigenvalue weighted by molar-refractivity contribution is 0.0601. The third-order valence-electron chi connectivity index (χ3n) is 3.69. The summed E-state index contributed by atoms with van der Waals surface area (Å²) in [7, 11) is 1.36. The summed E-state index contributed by atoms with van der Waals surface area (Å²) < 4.78 is 10.0. The van der Waals surface area contributed by atoms with Crippen LogP contribution < -0.4 is 5.73 Å². The van der Waals surface area contributed by atoms with Crippen molar-refractivity contribution < 1.29 is 13.9 Å². The van der Waals surface area contributed by atoms with Crippen molar-refractivity contribution >= 4 is 23.4 Å². The molecule has 0 amide bonds. The van der Waals surface area contributed by atoms with E-state index in [1.54, 1.807) is 24.3 Å². The van der Waals surface area contributed by atoms with Crippen molar-refractivity contribution in [3.05, 3.63) is 72.2 Å². The number of hydrogen-bond acceptors (Lipinski definition) is 5. The number of carbonyl (C=O) groups excluding carboxylic acids is 1. The Labute approximate surface area is 144 Å². The first-order chi connectivity index (χ1) is 11.7. The first-order valence-corrected chi connectivity index (χ1v) is 8.39. The van der Waals surface area contributed by atoms with Gasteiger partial charge in [-0.25, -0.2) is 4.79 Å². The van der Waals surface area contributed by atoms with Gasteiger partial charge in [-0.2, -0.15) is 0 Å². The van der Waals surface area contributed by atoms with Crippen molar-refractivity contribution in [3.8, 4) is 11.1 Å². The summed E-state index contributed by atoms with van der Waals surface area (Å²) >= 11 is 1.65. The highest BCUT2D eigenvalue weighted by Crippen LogP contribution is 2.34. The summed E-state index contributed by atoms with van der Waals surface area (Å²) in [5.74, 6) is 0.200. The van der Waals surface area contributed by atoms with E-state index in [9.17, 15) is 4.79 Å². The number of nitrogen functional groups attached to an aromatic ring is 1. The highest BCUT2D eigenvalue weighted by atomic mass is 32.2. The van der Waals surface area contributed by atoms with Crippen molar-refractivity contribution in [3.63, 3.8) is 0 Å². The fourth-order valence-corrected chi connectivity index (χ4v) is 3.39. The van der Waals surface area contributed by atoms with Crippen molar-refractivity contribution in [2.75, 3.05) is 12.8 Å². The molecule has 3 aromatic rings. The number of anilines is 1. The minimum Gasteiger partial charge on any atom is -0.472 e. The normalized spacial score (nSPS) is 10.5. The van der Waals surface area contributed by atoms with Crippen LogP contribution in [-0.4, -0.2) is 13.1 Å². The molecular formula is C19H17NO3S. The largest absolute Gasteiger partial charge is 0.472 e. The molecule has 0 aliphatic carbocycles. The Morgan fingerprint density at radius 2 is 1.96 bits per heavy atom. The maximum absolute atomic E-state index is 12.3. The Balaban J connectivity index is 1.96. The highest BCUT2D eigenvalue weighted by Gasteiger charge is 2.19. The SMILES string of the molecule is COC(=O)c1c(CSc2ccccc2)ccc(-c2ccoc2)c1N. The van der Waals surface area contributed by atoms with Crippen LogP contribution in [0.3, 0.4) is 0 Å². The number of esters is 1. The number of rotatable bonds is 5. The van der Waals surface area contributed by atoms with Crippen LogP contribution in [0.15, 0.2) is 70.4 Å². The molecule has 0 atom stereocenters. The molecule has 1 aromatic heterocycles. The molecule has 3 rings (SSSR count). The van der Waals surface area contributed by atoms with Gasteiger partial charge in [0.1, 0.15) is 0 Å². The van der Waals surface area contributed by atoms with Crippen LogP contribution in [-0.2, 0) is 10.5 Å². The van der Waals surface area contributed by atoms with Crippen LogP contribution in [0, 0.1) is 0 Å². The van der Waals surface area contributed by atoms with E-state index in [0.717, 1.165) is 21.6 Å². The zero-order valence-electron chi connectivity index (χ0n) is 13.2. The Morgan fingerprint density at radius 3 is 2.62 bits per heavy atom. The quantitative estimate of drug-likeness (QED) is 0.418. The molecule has 0 saturated heterocycles. The van der Waals surface area contributed by atoms with Crippen LogP contribution in [0.1, 0.15) is 15.9 Å². The lowest BCUT2D eigenvalue weighted by Gasteiger charge is -2.14. The molecule has 4 nitrogen and oxygen atoms in total. The molecule has 0 bridgehead atoms. The molecule has 1 heterocycles. The van der Waals surface area contributed by atoms with Crippen LogP contribution in [0.4, 0.5) is 5.69 Å². The van der Waals surface area contributed by atoms with Gasteiger partial charge in [0, 0.05) is 21.8 Å². The second-order valence-corrected chi connectivity index (χ2v) is 6.22. The van der Waals surface area contributed by atoms with E-state index in [1.165, 1.54) is 7.11 Å². The Bertz CT molecular complexity index is 829. The summed E-state index contributed by atoms with van der Waals surface area (Å²) in [5, 5.41) is 0.